The molecule has 28 heavy (non-hydrogen) atoms. The van der Waals surface area contributed by atoms with Gasteiger partial charge in [0.05, 0.1) is 12.7 Å². The first-order valence-electron chi connectivity index (χ1n) is 9.24. The fraction of sp³-hybridized carbons (Fsp3) is 0.261. The van der Waals surface area contributed by atoms with Crippen molar-refractivity contribution in [3.05, 3.63) is 82.2 Å². The van der Waals surface area contributed by atoms with Crippen LogP contribution in [0, 0.1) is 0 Å². The van der Waals surface area contributed by atoms with Crippen molar-refractivity contribution >= 4 is 17.8 Å². The number of fused-ring (bicyclic) bond motifs is 1. The van der Waals surface area contributed by atoms with Gasteiger partial charge in [-0.2, -0.15) is 0 Å². The Kier molecular flexibility index (Phi) is 6.16. The maximum absolute atomic E-state index is 12.0. The number of ether oxygens (including phenoxy) is 1. The summed E-state index contributed by atoms with van der Waals surface area (Å²) in [4.78, 5) is 27.8. The summed E-state index contributed by atoms with van der Waals surface area (Å²) >= 11 is 0. The van der Waals surface area contributed by atoms with Crippen LogP contribution < -0.4 is 0 Å². The lowest BCUT2D eigenvalue weighted by atomic mass is 9.90. The smallest absolute Gasteiger partial charge is 0.337 e. The number of carbonyl (C=O) groups is 2. The topological polar surface area (TPSA) is 76.5 Å². The number of allylic oxidation sites excluding steroid dienone is 1. The summed E-state index contributed by atoms with van der Waals surface area (Å²) in [6.45, 7) is 1.57. The molecular weight excluding hydrogens is 354 g/mol. The number of aliphatic hydroxyl groups excluding tert-OH is 1. The highest BCUT2D eigenvalue weighted by atomic mass is 16.5. The van der Waals surface area contributed by atoms with E-state index in [1.165, 1.54) is 18.9 Å². The number of ketones is 1. The van der Waals surface area contributed by atoms with Gasteiger partial charge in [-0.05, 0) is 47.2 Å². The summed E-state index contributed by atoms with van der Waals surface area (Å²) < 4.78 is 4.87. The van der Waals surface area contributed by atoms with Crippen molar-refractivity contribution in [3.63, 3.8) is 0 Å². The van der Waals surface area contributed by atoms with Crippen LogP contribution in [0.25, 0.3) is 6.08 Å². The Labute approximate surface area is 164 Å². The Morgan fingerprint density at radius 1 is 1.14 bits per heavy atom. The third kappa shape index (κ3) is 4.26. The van der Waals surface area contributed by atoms with E-state index in [-0.39, 0.29) is 17.7 Å². The first kappa shape index (κ1) is 19.7. The molecule has 1 aliphatic rings. The number of benzene rings is 1. The van der Waals surface area contributed by atoms with Crippen LogP contribution in [0.1, 0.15) is 51.9 Å². The van der Waals surface area contributed by atoms with Gasteiger partial charge in [0.25, 0.3) is 0 Å². The fourth-order valence-electron chi connectivity index (χ4n) is 3.41. The molecule has 0 radical (unpaired) electrons. The summed E-state index contributed by atoms with van der Waals surface area (Å²) in [6.07, 6.45) is 10.4. The summed E-state index contributed by atoms with van der Waals surface area (Å²) in [5, 5.41) is 9.03. The lowest BCUT2D eigenvalue weighted by molar-refractivity contribution is -0.135. The second-order valence-electron chi connectivity index (χ2n) is 6.76. The Hall–Kier alpha value is -3.05. The molecule has 0 amide bonds. The zero-order chi connectivity index (χ0) is 20.1. The molecule has 0 aliphatic heterocycles. The van der Waals surface area contributed by atoms with Gasteiger partial charge in [0.1, 0.15) is 6.61 Å². The van der Waals surface area contributed by atoms with E-state index in [4.69, 9.17) is 9.84 Å². The number of methoxy groups -OCH3 is 1. The van der Waals surface area contributed by atoms with E-state index in [1.807, 2.05) is 12.2 Å². The summed E-state index contributed by atoms with van der Waals surface area (Å²) in [7, 11) is 1.39. The van der Waals surface area contributed by atoms with Crippen molar-refractivity contribution in [3.8, 4) is 0 Å². The lowest BCUT2D eigenvalue weighted by Gasteiger charge is -2.15. The van der Waals surface area contributed by atoms with Crippen molar-refractivity contribution < 1.29 is 19.4 Å². The van der Waals surface area contributed by atoms with E-state index in [9.17, 15) is 9.59 Å². The molecule has 5 nitrogen and oxygen atoms in total. The molecule has 5 heteroatoms. The maximum atomic E-state index is 12.0. The van der Waals surface area contributed by atoms with Gasteiger partial charge >= 0.3 is 5.97 Å². The van der Waals surface area contributed by atoms with Crippen molar-refractivity contribution in [2.24, 2.45) is 0 Å². The molecule has 0 saturated carbocycles. The summed E-state index contributed by atoms with van der Waals surface area (Å²) in [6, 6.07) is 8.02. The monoisotopic (exact) mass is 377 g/mol. The highest BCUT2D eigenvalue weighted by Crippen LogP contribution is 2.31. The largest absolute Gasteiger partial charge is 0.465 e. The molecule has 1 atom stereocenters. The van der Waals surface area contributed by atoms with Gasteiger partial charge < -0.3 is 9.84 Å². The van der Waals surface area contributed by atoms with E-state index in [1.54, 1.807) is 18.3 Å². The first-order valence-corrected chi connectivity index (χ1v) is 9.24. The second-order valence-corrected chi connectivity index (χ2v) is 6.76. The van der Waals surface area contributed by atoms with Gasteiger partial charge in [-0.1, -0.05) is 37.3 Å². The summed E-state index contributed by atoms with van der Waals surface area (Å²) in [5.41, 5.74) is 5.19. The average molecular weight is 377 g/mol. The van der Waals surface area contributed by atoms with Gasteiger partial charge in [0.2, 0.25) is 0 Å². The lowest BCUT2D eigenvalue weighted by Crippen LogP contribution is -2.06. The van der Waals surface area contributed by atoms with E-state index >= 15 is 0 Å². The van der Waals surface area contributed by atoms with Crippen molar-refractivity contribution in [2.45, 2.75) is 25.7 Å². The molecule has 1 heterocycles. The third-order valence-corrected chi connectivity index (χ3v) is 4.90. The first-order chi connectivity index (χ1) is 13.5. The minimum atomic E-state index is -0.525. The maximum Gasteiger partial charge on any atom is 0.337 e. The number of hydrogen-bond donors (Lipinski definition) is 1. The molecule has 0 fully saturated rings. The Bertz CT molecular complexity index is 959. The molecule has 0 bridgehead atoms. The standard InChI is InChI=1S/C23H23NO4/c1-3-17-11-19(23(27)28-2)6-5-18-9-15(4-7-21(17)18)8-16-10-20(13-24-12-16)22(26)14-25/h4-7,9-13,17,25H,3,8,14H2,1-2H3. The average Bonchev–Trinajstić information content (AvgIpc) is 2.92. The van der Waals surface area contributed by atoms with Crippen LogP contribution in [-0.2, 0) is 16.0 Å². The molecule has 1 N–H and O–H groups in total. The Balaban J connectivity index is 1.90. The van der Waals surface area contributed by atoms with Crippen LogP contribution >= 0.6 is 0 Å². The number of rotatable bonds is 6. The second kappa shape index (κ2) is 8.76. The van der Waals surface area contributed by atoms with Crippen LogP contribution in [0.3, 0.4) is 0 Å². The zero-order valence-electron chi connectivity index (χ0n) is 16.0. The van der Waals surface area contributed by atoms with Crippen LogP contribution in [0.4, 0.5) is 0 Å². The fourth-order valence-corrected chi connectivity index (χ4v) is 3.41. The molecule has 0 spiro atoms. The van der Waals surface area contributed by atoms with Crippen LogP contribution in [0.15, 0.2) is 54.4 Å². The van der Waals surface area contributed by atoms with Crippen LogP contribution in [-0.4, -0.2) is 35.6 Å². The highest BCUT2D eigenvalue weighted by molar-refractivity contribution is 5.96. The van der Waals surface area contributed by atoms with Gasteiger partial charge in [-0.3, -0.25) is 9.78 Å². The number of nitrogens with zero attached hydrogens (tertiary/aromatic N) is 1. The van der Waals surface area contributed by atoms with Gasteiger partial charge in [0, 0.05) is 23.9 Å². The molecule has 0 saturated heterocycles. The number of pyridine rings is 1. The number of carbonyl (C=O) groups excluding carboxylic acids is 2. The molecule has 3 rings (SSSR count). The molecular formula is C23H23NO4. The molecule has 1 aromatic carbocycles. The Morgan fingerprint density at radius 2 is 1.96 bits per heavy atom. The summed E-state index contributed by atoms with van der Waals surface area (Å²) in [5.74, 6) is -0.536. The van der Waals surface area contributed by atoms with Gasteiger partial charge in [-0.15, -0.1) is 0 Å². The third-order valence-electron chi connectivity index (χ3n) is 4.90. The number of aliphatic hydroxyl groups is 1. The van der Waals surface area contributed by atoms with Crippen LogP contribution in [0.5, 0.6) is 0 Å². The van der Waals surface area contributed by atoms with Gasteiger partial charge in [-0.25, -0.2) is 4.79 Å². The quantitative estimate of drug-likeness (QED) is 0.616. The van der Waals surface area contributed by atoms with Crippen LogP contribution in [0.2, 0.25) is 0 Å². The van der Waals surface area contributed by atoms with Crippen molar-refractivity contribution in [2.75, 3.05) is 13.7 Å². The molecule has 1 aromatic heterocycles. The van der Waals surface area contributed by atoms with Gasteiger partial charge in [0.15, 0.2) is 5.78 Å². The number of hydrogen-bond acceptors (Lipinski definition) is 5. The normalized spacial score (nSPS) is 15.4. The zero-order valence-corrected chi connectivity index (χ0v) is 16.0. The minimum Gasteiger partial charge on any atom is -0.465 e. The molecule has 2 aromatic rings. The molecule has 1 unspecified atom stereocenters. The molecule has 1 aliphatic carbocycles. The van der Waals surface area contributed by atoms with E-state index in [0.29, 0.717) is 17.6 Å². The predicted octanol–water partition coefficient (Wildman–Crippen LogP) is 3.47. The number of esters is 1. The van der Waals surface area contributed by atoms with Crippen molar-refractivity contribution in [1.82, 2.24) is 4.98 Å². The predicted molar refractivity (Wildman–Crippen MR) is 107 cm³/mol. The highest BCUT2D eigenvalue weighted by Gasteiger charge is 2.18. The van der Waals surface area contributed by atoms with E-state index in [0.717, 1.165) is 23.1 Å². The minimum absolute atomic E-state index is 0.139. The van der Waals surface area contributed by atoms with E-state index in [2.05, 4.69) is 30.1 Å². The number of aromatic nitrogens is 1. The SMILES string of the molecule is CCC1C=C(C(=O)OC)C=Cc2cc(Cc3cncc(C(=O)CO)c3)ccc21. The van der Waals surface area contributed by atoms with Crippen molar-refractivity contribution in [1.29, 1.82) is 0 Å². The molecule has 144 valence electrons. The van der Waals surface area contributed by atoms with E-state index < -0.39 is 6.61 Å². The number of Topliss-reactive ketones (excluding diaryl/α,β-unsaturated/α-hetero) is 1. The Morgan fingerprint density at radius 3 is 2.68 bits per heavy atom.